The number of fused-ring (bicyclic) bond motifs is 1. The zero-order chi connectivity index (χ0) is 13.1. The smallest absolute Gasteiger partial charge is 0.0647 e. The van der Waals surface area contributed by atoms with Crippen LogP contribution < -0.4 is 0 Å². The number of rotatable bonds is 3. The monoisotopic (exact) mass is 255 g/mol. The van der Waals surface area contributed by atoms with Crippen molar-refractivity contribution in [1.82, 2.24) is 4.98 Å². The Morgan fingerprint density at radius 2 is 2.00 bits per heavy atom. The van der Waals surface area contributed by atoms with Gasteiger partial charge in [-0.05, 0) is 36.0 Å². The molecule has 100 valence electrons. The van der Waals surface area contributed by atoms with Gasteiger partial charge in [-0.2, -0.15) is 0 Å². The van der Waals surface area contributed by atoms with Gasteiger partial charge in [0, 0.05) is 17.1 Å². The van der Waals surface area contributed by atoms with Gasteiger partial charge in [0.25, 0.3) is 0 Å². The molecule has 1 aromatic heterocycles. The minimum atomic E-state index is 0.185. The first-order valence-corrected chi connectivity index (χ1v) is 7.26. The molecule has 0 bridgehead atoms. The van der Waals surface area contributed by atoms with Crippen LogP contribution in [0.2, 0.25) is 0 Å². The van der Waals surface area contributed by atoms with E-state index in [-0.39, 0.29) is 6.61 Å². The first-order chi connectivity index (χ1) is 9.38. The molecule has 0 amide bonds. The molecule has 1 fully saturated rings. The molecule has 2 nitrogen and oxygen atoms in total. The maximum absolute atomic E-state index is 9.67. The number of para-hydroxylation sites is 1. The fourth-order valence-electron chi connectivity index (χ4n) is 3.18. The third-order valence-corrected chi connectivity index (χ3v) is 4.27. The fraction of sp³-hybridized carbons (Fsp3) is 0.412. The molecule has 0 unspecified atom stereocenters. The Hall–Kier alpha value is -1.54. The maximum atomic E-state index is 9.67. The molecule has 19 heavy (non-hydrogen) atoms. The van der Waals surface area contributed by atoms with Crippen molar-refractivity contribution in [2.45, 2.75) is 32.1 Å². The first-order valence-electron chi connectivity index (χ1n) is 7.26. The van der Waals surface area contributed by atoms with Crippen LogP contribution in [-0.2, 0) is 0 Å². The van der Waals surface area contributed by atoms with Gasteiger partial charge in [0.15, 0.2) is 0 Å². The quantitative estimate of drug-likeness (QED) is 0.850. The van der Waals surface area contributed by atoms with Crippen molar-refractivity contribution in [3.63, 3.8) is 0 Å². The molecule has 0 saturated heterocycles. The summed E-state index contributed by atoms with van der Waals surface area (Å²) >= 11 is 0. The molecule has 1 aromatic carbocycles. The van der Waals surface area contributed by atoms with Gasteiger partial charge in [0.2, 0.25) is 0 Å². The number of aliphatic hydroxyl groups is 1. The number of nitrogens with one attached hydrogen (secondary N) is 1. The van der Waals surface area contributed by atoms with Gasteiger partial charge in [-0.3, -0.25) is 0 Å². The van der Waals surface area contributed by atoms with Crippen molar-refractivity contribution >= 4 is 17.0 Å². The summed E-state index contributed by atoms with van der Waals surface area (Å²) in [5.41, 5.74) is 3.56. The van der Waals surface area contributed by atoms with Crippen molar-refractivity contribution in [2.75, 3.05) is 6.61 Å². The highest BCUT2D eigenvalue weighted by Crippen LogP contribution is 2.31. The summed E-state index contributed by atoms with van der Waals surface area (Å²) in [4.78, 5) is 3.29. The zero-order valence-electron chi connectivity index (χ0n) is 11.2. The van der Waals surface area contributed by atoms with E-state index >= 15 is 0 Å². The van der Waals surface area contributed by atoms with E-state index in [2.05, 4.69) is 29.3 Å². The van der Waals surface area contributed by atoms with E-state index in [1.165, 1.54) is 48.6 Å². The first kappa shape index (κ1) is 12.5. The number of H-pyrrole nitrogens is 1. The van der Waals surface area contributed by atoms with Crippen LogP contribution in [0.4, 0.5) is 0 Å². The average Bonchev–Trinajstić information content (AvgIpc) is 2.89. The zero-order valence-corrected chi connectivity index (χ0v) is 11.2. The van der Waals surface area contributed by atoms with Crippen LogP contribution in [0.1, 0.15) is 37.7 Å². The molecule has 2 aromatic rings. The normalized spacial score (nSPS) is 18.1. The van der Waals surface area contributed by atoms with Gasteiger partial charge in [0.05, 0.1) is 6.61 Å². The topological polar surface area (TPSA) is 36.0 Å². The second-order valence-corrected chi connectivity index (χ2v) is 5.50. The predicted octanol–water partition coefficient (Wildman–Crippen LogP) is 4.12. The largest absolute Gasteiger partial charge is 0.392 e. The van der Waals surface area contributed by atoms with Gasteiger partial charge in [-0.25, -0.2) is 0 Å². The van der Waals surface area contributed by atoms with E-state index in [0.717, 1.165) is 5.52 Å². The Balaban J connectivity index is 1.93. The summed E-state index contributed by atoms with van der Waals surface area (Å²) in [6.07, 6.45) is 10.6. The van der Waals surface area contributed by atoms with Gasteiger partial charge >= 0.3 is 0 Å². The summed E-state index contributed by atoms with van der Waals surface area (Å²) in [5.74, 6) is 0.576. The van der Waals surface area contributed by atoms with Gasteiger partial charge in [-0.1, -0.05) is 43.5 Å². The van der Waals surface area contributed by atoms with Crippen LogP contribution in [0.5, 0.6) is 0 Å². The van der Waals surface area contributed by atoms with Crippen molar-refractivity contribution in [3.8, 4) is 0 Å². The van der Waals surface area contributed by atoms with Gasteiger partial charge in [-0.15, -0.1) is 0 Å². The van der Waals surface area contributed by atoms with Gasteiger partial charge < -0.3 is 10.1 Å². The second kappa shape index (κ2) is 5.62. The number of aromatic nitrogens is 1. The molecule has 0 atom stereocenters. The van der Waals surface area contributed by atoms with Crippen LogP contribution in [-0.4, -0.2) is 16.7 Å². The fourth-order valence-corrected chi connectivity index (χ4v) is 3.18. The Morgan fingerprint density at radius 3 is 2.79 bits per heavy atom. The lowest BCUT2D eigenvalue weighted by Gasteiger charge is -2.23. The summed E-state index contributed by atoms with van der Waals surface area (Å²) < 4.78 is 0. The third kappa shape index (κ3) is 2.59. The van der Waals surface area contributed by atoms with Gasteiger partial charge in [0.1, 0.15) is 0 Å². The van der Waals surface area contributed by atoms with Crippen molar-refractivity contribution < 1.29 is 5.11 Å². The lowest BCUT2D eigenvalue weighted by atomic mass is 9.83. The standard InChI is InChI=1S/C17H21NO/c19-12-15(13-6-2-1-3-7-13)10-14-11-18-17-9-5-4-8-16(14)17/h4-5,8-11,13,18-19H,1-3,6-7,12H2. The summed E-state index contributed by atoms with van der Waals surface area (Å²) in [5, 5.41) is 10.9. The molecule has 0 radical (unpaired) electrons. The maximum Gasteiger partial charge on any atom is 0.0647 e. The molecule has 1 aliphatic carbocycles. The number of hydrogen-bond acceptors (Lipinski definition) is 1. The average molecular weight is 255 g/mol. The molecule has 0 spiro atoms. The SMILES string of the molecule is OCC(=Cc1c[nH]c2ccccc12)C1CCCCC1. The number of aliphatic hydroxyl groups excluding tert-OH is 1. The molecular formula is C17H21NO. The molecule has 1 aliphatic rings. The molecule has 2 N–H and O–H groups in total. The molecular weight excluding hydrogens is 234 g/mol. The van der Waals surface area contributed by atoms with Crippen LogP contribution >= 0.6 is 0 Å². The lowest BCUT2D eigenvalue weighted by Crippen LogP contribution is -2.11. The highest BCUT2D eigenvalue weighted by atomic mass is 16.3. The van der Waals surface area contributed by atoms with Crippen molar-refractivity contribution in [3.05, 3.63) is 41.6 Å². The predicted molar refractivity (Wildman–Crippen MR) is 79.9 cm³/mol. The highest BCUT2D eigenvalue weighted by molar-refractivity contribution is 5.89. The number of aromatic amines is 1. The van der Waals surface area contributed by atoms with E-state index in [4.69, 9.17) is 0 Å². The summed E-state index contributed by atoms with van der Waals surface area (Å²) in [6, 6.07) is 8.33. The Labute approximate surface area is 114 Å². The second-order valence-electron chi connectivity index (χ2n) is 5.50. The van der Waals surface area contributed by atoms with Crippen LogP contribution in [0.3, 0.4) is 0 Å². The number of hydrogen-bond donors (Lipinski definition) is 2. The summed E-state index contributed by atoms with van der Waals surface area (Å²) in [6.45, 7) is 0.185. The van der Waals surface area contributed by atoms with Crippen LogP contribution in [0, 0.1) is 5.92 Å². The van der Waals surface area contributed by atoms with Crippen molar-refractivity contribution in [2.24, 2.45) is 5.92 Å². The molecule has 3 rings (SSSR count). The number of benzene rings is 1. The Morgan fingerprint density at radius 1 is 1.21 bits per heavy atom. The van der Waals surface area contributed by atoms with Crippen LogP contribution in [0.25, 0.3) is 17.0 Å². The highest BCUT2D eigenvalue weighted by Gasteiger charge is 2.17. The van der Waals surface area contributed by atoms with E-state index in [1.807, 2.05) is 12.3 Å². The van der Waals surface area contributed by atoms with Crippen LogP contribution in [0.15, 0.2) is 36.0 Å². The minimum absolute atomic E-state index is 0.185. The minimum Gasteiger partial charge on any atom is -0.392 e. The summed E-state index contributed by atoms with van der Waals surface area (Å²) in [7, 11) is 0. The van der Waals surface area contributed by atoms with E-state index < -0.39 is 0 Å². The Bertz CT molecular complexity index is 576. The lowest BCUT2D eigenvalue weighted by molar-refractivity contribution is 0.295. The molecule has 1 saturated carbocycles. The molecule has 0 aliphatic heterocycles. The third-order valence-electron chi connectivity index (χ3n) is 4.27. The van der Waals surface area contributed by atoms with Crippen molar-refractivity contribution in [1.29, 1.82) is 0 Å². The van der Waals surface area contributed by atoms with E-state index in [9.17, 15) is 5.11 Å². The molecule has 1 heterocycles. The molecule has 2 heteroatoms. The Kier molecular flexibility index (Phi) is 3.69. The van der Waals surface area contributed by atoms with E-state index in [0.29, 0.717) is 5.92 Å². The van der Waals surface area contributed by atoms with E-state index in [1.54, 1.807) is 0 Å².